The van der Waals surface area contributed by atoms with Crippen molar-refractivity contribution in [1.82, 2.24) is 20.1 Å². The Bertz CT molecular complexity index is 775. The molecule has 0 atom stereocenters. The molecule has 1 aromatic heterocycles. The highest BCUT2D eigenvalue weighted by Gasteiger charge is 2.42. The summed E-state index contributed by atoms with van der Waals surface area (Å²) in [6, 6.07) is 6.32. The van der Waals surface area contributed by atoms with Crippen LogP contribution in [0, 0.1) is 10.6 Å². The van der Waals surface area contributed by atoms with Gasteiger partial charge in [0.15, 0.2) is 4.77 Å². The van der Waals surface area contributed by atoms with Gasteiger partial charge in [-0.15, -0.1) is 0 Å². The van der Waals surface area contributed by atoms with E-state index in [1.807, 2.05) is 7.05 Å². The number of carbonyl (C=O) groups excluding carboxylic acids is 1. The summed E-state index contributed by atoms with van der Waals surface area (Å²) < 4.78 is 15.6. The van der Waals surface area contributed by atoms with E-state index in [1.54, 1.807) is 16.7 Å². The first kappa shape index (κ1) is 16.8. The third kappa shape index (κ3) is 3.13. The van der Waals surface area contributed by atoms with Gasteiger partial charge in [-0.25, -0.2) is 4.39 Å². The molecule has 0 radical (unpaired) electrons. The van der Waals surface area contributed by atoms with Crippen molar-refractivity contribution in [3.63, 3.8) is 0 Å². The second-order valence-corrected chi connectivity index (χ2v) is 6.69. The molecule has 0 unspecified atom stereocenters. The lowest BCUT2D eigenvalue weighted by molar-refractivity contribution is -0.126. The molecule has 1 amide bonds. The van der Waals surface area contributed by atoms with Gasteiger partial charge in [0.1, 0.15) is 11.6 Å². The van der Waals surface area contributed by atoms with E-state index >= 15 is 0 Å². The van der Waals surface area contributed by atoms with Crippen molar-refractivity contribution in [2.45, 2.75) is 37.5 Å². The van der Waals surface area contributed by atoms with Crippen molar-refractivity contribution in [3.05, 3.63) is 46.2 Å². The Hall–Kier alpha value is -2.02. The molecule has 0 spiro atoms. The molecule has 2 aromatic rings. The second kappa shape index (κ2) is 6.84. The van der Waals surface area contributed by atoms with Crippen LogP contribution < -0.4 is 5.32 Å². The largest absolute Gasteiger partial charge is 0.355 e. The zero-order chi connectivity index (χ0) is 17.2. The Labute approximate surface area is 145 Å². The average Bonchev–Trinajstić information content (AvgIpc) is 3.19. The smallest absolute Gasteiger partial charge is 0.230 e. The van der Waals surface area contributed by atoms with Crippen LogP contribution in [-0.4, -0.2) is 27.2 Å². The SMILES string of the molecule is Cn1c(CCNC(=O)C2(c3ccc(F)cc3)CCCC2)n[nH]c1=S. The fraction of sp³-hybridized carbons (Fsp3) is 0.471. The maximum atomic E-state index is 13.2. The van der Waals surface area contributed by atoms with Gasteiger partial charge in [0.25, 0.3) is 0 Å². The Kier molecular flexibility index (Phi) is 4.80. The van der Waals surface area contributed by atoms with E-state index in [-0.39, 0.29) is 11.7 Å². The molecular formula is C17H21FN4OS. The molecule has 0 aliphatic heterocycles. The van der Waals surface area contributed by atoms with Gasteiger partial charge in [-0.05, 0) is 42.8 Å². The molecule has 0 bridgehead atoms. The highest BCUT2D eigenvalue weighted by molar-refractivity contribution is 7.71. The first-order chi connectivity index (χ1) is 11.5. The standard InChI is InChI=1S/C17H21FN4OS/c1-22-14(20-21-16(22)24)8-11-19-15(23)17(9-2-3-10-17)12-4-6-13(18)7-5-12/h4-7H,2-3,8-11H2,1H3,(H,19,23)(H,21,24). The number of H-pyrrole nitrogens is 1. The summed E-state index contributed by atoms with van der Waals surface area (Å²) in [6.07, 6.45) is 4.24. The van der Waals surface area contributed by atoms with Crippen molar-refractivity contribution in [3.8, 4) is 0 Å². The van der Waals surface area contributed by atoms with E-state index in [1.165, 1.54) is 12.1 Å². The quantitative estimate of drug-likeness (QED) is 0.817. The summed E-state index contributed by atoms with van der Waals surface area (Å²) in [5.74, 6) is 0.545. The monoisotopic (exact) mass is 348 g/mol. The molecule has 1 heterocycles. The minimum Gasteiger partial charge on any atom is -0.355 e. The lowest BCUT2D eigenvalue weighted by Crippen LogP contribution is -2.43. The van der Waals surface area contributed by atoms with Crippen LogP contribution in [-0.2, 0) is 23.7 Å². The number of aromatic nitrogens is 3. The fourth-order valence-corrected chi connectivity index (χ4v) is 3.61. The summed E-state index contributed by atoms with van der Waals surface area (Å²) in [6.45, 7) is 0.495. The lowest BCUT2D eigenvalue weighted by atomic mass is 9.78. The molecule has 7 heteroatoms. The molecule has 5 nitrogen and oxygen atoms in total. The summed E-state index contributed by atoms with van der Waals surface area (Å²) in [5, 5.41) is 9.91. The van der Waals surface area contributed by atoms with Crippen LogP contribution in [0.1, 0.15) is 37.1 Å². The molecule has 3 rings (SSSR count). The van der Waals surface area contributed by atoms with Crippen molar-refractivity contribution < 1.29 is 9.18 Å². The van der Waals surface area contributed by atoms with Crippen LogP contribution in [0.3, 0.4) is 0 Å². The summed E-state index contributed by atoms with van der Waals surface area (Å²) >= 11 is 5.08. The topological polar surface area (TPSA) is 62.7 Å². The number of hydrogen-bond acceptors (Lipinski definition) is 3. The minimum atomic E-state index is -0.537. The third-order valence-electron chi connectivity index (χ3n) is 4.90. The number of aromatic amines is 1. The van der Waals surface area contributed by atoms with Crippen molar-refractivity contribution in [2.75, 3.05) is 6.54 Å². The predicted octanol–water partition coefficient (Wildman–Crippen LogP) is 2.79. The third-order valence-corrected chi connectivity index (χ3v) is 5.26. The number of rotatable bonds is 5. The number of nitrogens with one attached hydrogen (secondary N) is 2. The first-order valence-electron chi connectivity index (χ1n) is 8.17. The molecule has 2 N–H and O–H groups in total. The van der Waals surface area contributed by atoms with E-state index in [0.717, 1.165) is 37.1 Å². The van der Waals surface area contributed by atoms with Crippen molar-refractivity contribution in [1.29, 1.82) is 0 Å². The minimum absolute atomic E-state index is 0.0170. The molecule has 1 fully saturated rings. The first-order valence-corrected chi connectivity index (χ1v) is 8.58. The highest BCUT2D eigenvalue weighted by Crippen LogP contribution is 2.41. The van der Waals surface area contributed by atoms with E-state index in [0.29, 0.717) is 17.7 Å². The Balaban J connectivity index is 1.70. The van der Waals surface area contributed by atoms with E-state index < -0.39 is 5.41 Å². The van der Waals surface area contributed by atoms with Gasteiger partial charge in [-0.2, -0.15) is 5.10 Å². The van der Waals surface area contributed by atoms with Gasteiger partial charge in [-0.3, -0.25) is 9.89 Å². The Morgan fingerprint density at radius 3 is 2.62 bits per heavy atom. The van der Waals surface area contributed by atoms with E-state index in [9.17, 15) is 9.18 Å². The molecule has 24 heavy (non-hydrogen) atoms. The number of nitrogens with zero attached hydrogens (tertiary/aromatic N) is 2. The zero-order valence-electron chi connectivity index (χ0n) is 13.6. The number of halogens is 1. The van der Waals surface area contributed by atoms with Crippen LogP contribution in [0.25, 0.3) is 0 Å². The molecular weight excluding hydrogens is 327 g/mol. The summed E-state index contributed by atoms with van der Waals surface area (Å²) in [5.41, 5.74) is 0.363. The van der Waals surface area contributed by atoms with E-state index in [2.05, 4.69) is 15.5 Å². The summed E-state index contributed by atoms with van der Waals surface area (Å²) in [4.78, 5) is 12.9. The molecule has 0 saturated heterocycles. The van der Waals surface area contributed by atoms with Crippen molar-refractivity contribution >= 4 is 18.1 Å². The average molecular weight is 348 g/mol. The Morgan fingerprint density at radius 1 is 1.38 bits per heavy atom. The van der Waals surface area contributed by atoms with Gasteiger partial charge in [0, 0.05) is 20.0 Å². The van der Waals surface area contributed by atoms with Gasteiger partial charge in [-0.1, -0.05) is 25.0 Å². The van der Waals surface area contributed by atoms with Crippen LogP contribution in [0.4, 0.5) is 4.39 Å². The second-order valence-electron chi connectivity index (χ2n) is 6.31. The maximum absolute atomic E-state index is 13.2. The zero-order valence-corrected chi connectivity index (χ0v) is 14.5. The van der Waals surface area contributed by atoms with Gasteiger partial charge in [0.2, 0.25) is 5.91 Å². The lowest BCUT2D eigenvalue weighted by Gasteiger charge is -2.28. The van der Waals surface area contributed by atoms with Gasteiger partial charge in [0.05, 0.1) is 5.41 Å². The van der Waals surface area contributed by atoms with Crippen LogP contribution in [0.2, 0.25) is 0 Å². The van der Waals surface area contributed by atoms with Crippen LogP contribution in [0.15, 0.2) is 24.3 Å². The predicted molar refractivity (Wildman–Crippen MR) is 91.7 cm³/mol. The maximum Gasteiger partial charge on any atom is 0.230 e. The number of benzene rings is 1. The van der Waals surface area contributed by atoms with Crippen LogP contribution >= 0.6 is 12.2 Å². The van der Waals surface area contributed by atoms with E-state index in [4.69, 9.17) is 12.2 Å². The van der Waals surface area contributed by atoms with Crippen LogP contribution in [0.5, 0.6) is 0 Å². The number of hydrogen-bond donors (Lipinski definition) is 2. The van der Waals surface area contributed by atoms with Crippen molar-refractivity contribution in [2.24, 2.45) is 7.05 Å². The number of carbonyl (C=O) groups is 1. The normalized spacial score (nSPS) is 16.2. The van der Waals surface area contributed by atoms with Gasteiger partial charge >= 0.3 is 0 Å². The fourth-order valence-electron chi connectivity index (χ4n) is 3.45. The molecule has 1 aliphatic rings. The highest BCUT2D eigenvalue weighted by atomic mass is 32.1. The molecule has 1 saturated carbocycles. The summed E-state index contributed by atoms with van der Waals surface area (Å²) in [7, 11) is 1.85. The number of amides is 1. The Morgan fingerprint density at radius 2 is 2.04 bits per heavy atom. The molecule has 1 aliphatic carbocycles. The van der Waals surface area contributed by atoms with Gasteiger partial charge < -0.3 is 9.88 Å². The molecule has 1 aromatic carbocycles. The molecule has 128 valence electrons.